The Bertz CT molecular complexity index is 1660. The highest BCUT2D eigenvalue weighted by Gasteiger charge is 2.21. The van der Waals surface area contributed by atoms with E-state index in [0.29, 0.717) is 28.1 Å². The summed E-state index contributed by atoms with van der Waals surface area (Å²) in [5, 5.41) is 27.5. The summed E-state index contributed by atoms with van der Waals surface area (Å²) in [4.78, 5) is 57.0. The first-order valence-electron chi connectivity index (χ1n) is 11.7. The number of carboxylic acid groups (broad SMARTS) is 1. The average molecular weight is 530 g/mol. The third kappa shape index (κ3) is 5.18. The van der Waals surface area contributed by atoms with Crippen molar-refractivity contribution in [1.82, 2.24) is 25.0 Å². The first kappa shape index (κ1) is 25.2. The fourth-order valence-corrected chi connectivity index (χ4v) is 4.12. The van der Waals surface area contributed by atoms with Crippen molar-refractivity contribution in [2.24, 2.45) is 0 Å². The predicted octanol–water partition coefficient (Wildman–Crippen LogP) is 1.63. The van der Waals surface area contributed by atoms with Crippen molar-refractivity contribution in [1.29, 1.82) is 0 Å². The van der Waals surface area contributed by atoms with Crippen LogP contribution in [-0.2, 0) is 17.9 Å². The molecule has 0 saturated carbocycles. The van der Waals surface area contributed by atoms with E-state index in [-0.39, 0.29) is 54.2 Å². The molecule has 0 atom stereocenters. The molecule has 0 bridgehead atoms. The van der Waals surface area contributed by atoms with Crippen LogP contribution in [0.5, 0.6) is 11.6 Å². The number of carbonyl (C=O) groups excluding carboxylic acids is 3. The van der Waals surface area contributed by atoms with Gasteiger partial charge in [-0.15, -0.1) is 0 Å². The van der Waals surface area contributed by atoms with Gasteiger partial charge in [-0.3, -0.25) is 14.4 Å². The highest BCUT2D eigenvalue weighted by Crippen LogP contribution is 2.28. The number of imidazole rings is 1. The molecule has 4 aromatic rings. The van der Waals surface area contributed by atoms with Crippen LogP contribution in [0.4, 0.5) is 5.69 Å². The third-order valence-corrected chi connectivity index (χ3v) is 6.03. The van der Waals surface area contributed by atoms with Gasteiger partial charge in [0.1, 0.15) is 17.1 Å². The lowest BCUT2D eigenvalue weighted by molar-refractivity contribution is -0.118. The summed E-state index contributed by atoms with van der Waals surface area (Å²) in [6, 6.07) is 11.0. The van der Waals surface area contributed by atoms with Crippen LogP contribution in [0.3, 0.4) is 0 Å². The van der Waals surface area contributed by atoms with E-state index < -0.39 is 17.8 Å². The summed E-state index contributed by atoms with van der Waals surface area (Å²) in [5.41, 5.74) is 2.38. The summed E-state index contributed by atoms with van der Waals surface area (Å²) < 4.78 is 6.45. The van der Waals surface area contributed by atoms with Crippen LogP contribution >= 0.6 is 0 Å². The number of amides is 3. The van der Waals surface area contributed by atoms with E-state index in [1.165, 1.54) is 12.1 Å². The standard InChI is InChI=1S/C26H22N6O7/c1-13-6-14(2-4-16(13)25(37)38)9-27-23(35)18-8-19(32-22(34)11-29-26(32)31-18)24(36)28-10-15-3-5-20-17(7-15)30-21(33)12-39-20/h2-8,11,34H,9-10,12H2,1H3,(H,27,35)(H,28,36)(H,30,33)(H,37,38). The Hall–Kier alpha value is -5.46. The van der Waals surface area contributed by atoms with E-state index in [1.54, 1.807) is 37.3 Å². The zero-order chi connectivity index (χ0) is 27.7. The second kappa shape index (κ2) is 10.1. The number of ether oxygens (including phenoxy) is 1. The van der Waals surface area contributed by atoms with E-state index in [4.69, 9.17) is 4.74 Å². The number of anilines is 1. The summed E-state index contributed by atoms with van der Waals surface area (Å²) >= 11 is 0. The van der Waals surface area contributed by atoms with Crippen molar-refractivity contribution in [3.05, 3.63) is 82.3 Å². The predicted molar refractivity (Wildman–Crippen MR) is 136 cm³/mol. The number of benzene rings is 2. The molecule has 198 valence electrons. The molecule has 3 heterocycles. The fourth-order valence-electron chi connectivity index (χ4n) is 4.12. The number of carbonyl (C=O) groups is 4. The van der Waals surface area contributed by atoms with Gasteiger partial charge in [-0.2, -0.15) is 0 Å². The molecule has 13 heteroatoms. The van der Waals surface area contributed by atoms with Crippen LogP contribution in [0.1, 0.15) is 48.0 Å². The van der Waals surface area contributed by atoms with E-state index in [2.05, 4.69) is 25.9 Å². The Morgan fingerprint density at radius 3 is 2.51 bits per heavy atom. The Kier molecular flexibility index (Phi) is 6.54. The van der Waals surface area contributed by atoms with Crippen LogP contribution in [0, 0.1) is 6.92 Å². The lowest BCUT2D eigenvalue weighted by Gasteiger charge is -2.18. The number of aryl methyl sites for hydroxylation is 1. The van der Waals surface area contributed by atoms with Crippen molar-refractivity contribution in [3.8, 4) is 11.6 Å². The molecule has 39 heavy (non-hydrogen) atoms. The second-order valence-corrected chi connectivity index (χ2v) is 8.77. The van der Waals surface area contributed by atoms with Crippen LogP contribution in [0.15, 0.2) is 48.7 Å². The molecule has 0 radical (unpaired) electrons. The maximum Gasteiger partial charge on any atom is 0.335 e. The molecule has 2 aromatic carbocycles. The Balaban J connectivity index is 1.33. The van der Waals surface area contributed by atoms with Gasteiger partial charge in [0.2, 0.25) is 11.7 Å². The molecule has 0 saturated heterocycles. The zero-order valence-electron chi connectivity index (χ0n) is 20.5. The Labute approximate surface area is 220 Å². The molecule has 1 aliphatic rings. The number of nitrogens with one attached hydrogen (secondary N) is 3. The number of fused-ring (bicyclic) bond motifs is 2. The number of aromatic nitrogens is 3. The van der Waals surface area contributed by atoms with E-state index in [0.717, 1.165) is 10.6 Å². The smallest absolute Gasteiger partial charge is 0.335 e. The summed E-state index contributed by atoms with van der Waals surface area (Å²) in [5.74, 6) is -2.40. The molecule has 0 spiro atoms. The molecule has 13 nitrogen and oxygen atoms in total. The molecule has 0 unspecified atom stereocenters. The largest absolute Gasteiger partial charge is 0.493 e. The number of nitrogens with zero attached hydrogens (tertiary/aromatic N) is 3. The quantitative estimate of drug-likeness (QED) is 0.237. The second-order valence-electron chi connectivity index (χ2n) is 8.77. The zero-order valence-corrected chi connectivity index (χ0v) is 20.5. The first-order chi connectivity index (χ1) is 18.7. The van der Waals surface area contributed by atoms with Crippen LogP contribution in [0.2, 0.25) is 0 Å². The lowest BCUT2D eigenvalue weighted by atomic mass is 10.1. The highest BCUT2D eigenvalue weighted by molar-refractivity contribution is 5.98. The van der Waals surface area contributed by atoms with Crippen molar-refractivity contribution in [2.75, 3.05) is 11.9 Å². The molecular weight excluding hydrogens is 508 g/mol. The summed E-state index contributed by atoms with van der Waals surface area (Å²) in [6.45, 7) is 1.76. The minimum absolute atomic E-state index is 0.0550. The maximum atomic E-state index is 13.1. The SMILES string of the molecule is Cc1cc(CNC(=O)c2cc(C(=O)NCc3ccc4c(c3)NC(=O)CO4)n3c(O)cnc3n2)ccc1C(=O)O. The van der Waals surface area contributed by atoms with Gasteiger partial charge in [0.15, 0.2) is 6.61 Å². The monoisotopic (exact) mass is 530 g/mol. The average Bonchev–Trinajstić information content (AvgIpc) is 3.29. The summed E-state index contributed by atoms with van der Waals surface area (Å²) in [6.07, 6.45) is 1.11. The minimum Gasteiger partial charge on any atom is -0.493 e. The number of carboxylic acids is 1. The third-order valence-electron chi connectivity index (χ3n) is 6.03. The fraction of sp³-hybridized carbons (Fsp3) is 0.154. The number of aromatic carboxylic acids is 1. The van der Waals surface area contributed by atoms with E-state index in [1.807, 2.05) is 0 Å². The number of rotatable bonds is 7. The molecule has 0 fully saturated rings. The van der Waals surface area contributed by atoms with Crippen molar-refractivity contribution < 1.29 is 34.1 Å². The minimum atomic E-state index is -1.04. The van der Waals surface area contributed by atoms with Crippen LogP contribution < -0.4 is 20.7 Å². The normalized spacial score (nSPS) is 12.3. The topological polar surface area (TPSA) is 184 Å². The molecule has 5 N–H and O–H groups in total. The lowest BCUT2D eigenvalue weighted by Crippen LogP contribution is -2.28. The van der Waals surface area contributed by atoms with Gasteiger partial charge in [-0.25, -0.2) is 19.2 Å². The highest BCUT2D eigenvalue weighted by atomic mass is 16.5. The Morgan fingerprint density at radius 1 is 1.05 bits per heavy atom. The number of hydrogen-bond acceptors (Lipinski definition) is 8. The van der Waals surface area contributed by atoms with Gasteiger partial charge in [-0.1, -0.05) is 18.2 Å². The van der Waals surface area contributed by atoms with Gasteiger partial charge >= 0.3 is 5.97 Å². The van der Waals surface area contributed by atoms with Crippen LogP contribution in [0.25, 0.3) is 5.78 Å². The van der Waals surface area contributed by atoms with E-state index >= 15 is 0 Å². The van der Waals surface area contributed by atoms with Gasteiger partial charge < -0.3 is 30.9 Å². The molecular formula is C26H22N6O7. The maximum absolute atomic E-state index is 13.1. The van der Waals surface area contributed by atoms with Crippen molar-refractivity contribution in [2.45, 2.75) is 20.0 Å². The first-order valence-corrected chi connectivity index (χ1v) is 11.7. The van der Waals surface area contributed by atoms with Gasteiger partial charge in [-0.05, 0) is 47.9 Å². The Morgan fingerprint density at radius 2 is 1.77 bits per heavy atom. The van der Waals surface area contributed by atoms with Gasteiger partial charge in [0.05, 0.1) is 17.4 Å². The van der Waals surface area contributed by atoms with Gasteiger partial charge in [0, 0.05) is 13.1 Å². The number of hydrogen-bond donors (Lipinski definition) is 5. The van der Waals surface area contributed by atoms with E-state index in [9.17, 15) is 29.4 Å². The number of aromatic hydroxyl groups is 1. The van der Waals surface area contributed by atoms with Crippen LogP contribution in [-0.4, -0.2) is 54.9 Å². The molecule has 0 aliphatic carbocycles. The molecule has 1 aliphatic heterocycles. The summed E-state index contributed by atoms with van der Waals surface area (Å²) in [7, 11) is 0. The molecule has 5 rings (SSSR count). The molecule has 3 amide bonds. The van der Waals surface area contributed by atoms with Gasteiger partial charge in [0.25, 0.3) is 17.7 Å². The molecule has 2 aromatic heterocycles. The van der Waals surface area contributed by atoms with Crippen molar-refractivity contribution >= 4 is 35.2 Å². The van der Waals surface area contributed by atoms with Crippen molar-refractivity contribution in [3.63, 3.8) is 0 Å².